The third-order valence-corrected chi connectivity index (χ3v) is 3.90. The molecule has 0 saturated heterocycles. The van der Waals surface area contributed by atoms with E-state index in [1.807, 2.05) is 12.1 Å². The fraction of sp³-hybridized carbons (Fsp3) is 0.214. The molecule has 2 aromatic rings. The van der Waals surface area contributed by atoms with Gasteiger partial charge in [0.15, 0.2) is 11.6 Å². The van der Waals surface area contributed by atoms with Crippen LogP contribution in [-0.4, -0.2) is 23.1 Å². The first kappa shape index (κ1) is 13.6. The predicted octanol–water partition coefficient (Wildman–Crippen LogP) is 2.10. The number of rotatable bonds is 6. The van der Waals surface area contributed by atoms with Gasteiger partial charge in [-0.05, 0) is 36.2 Å². The van der Waals surface area contributed by atoms with Crippen LogP contribution in [0.2, 0.25) is 0 Å². The van der Waals surface area contributed by atoms with Gasteiger partial charge in [0.25, 0.3) is 0 Å². The maximum absolute atomic E-state index is 12.0. The van der Waals surface area contributed by atoms with Gasteiger partial charge in [0.1, 0.15) is 0 Å². The van der Waals surface area contributed by atoms with Crippen molar-refractivity contribution in [2.24, 2.45) is 5.73 Å². The molecule has 0 aliphatic heterocycles. The molecule has 2 aromatic heterocycles. The largest absolute Gasteiger partial charge is 0.324 e. The van der Waals surface area contributed by atoms with E-state index in [0.717, 1.165) is 5.56 Å². The highest BCUT2D eigenvalue weighted by atomic mass is 32.1. The molecule has 19 heavy (non-hydrogen) atoms. The molecule has 0 aromatic carbocycles. The molecule has 0 spiro atoms. The lowest BCUT2D eigenvalue weighted by Gasteiger charge is -1.99. The first-order chi connectivity index (χ1) is 9.20. The summed E-state index contributed by atoms with van der Waals surface area (Å²) in [7, 11) is 0. The predicted molar refractivity (Wildman–Crippen MR) is 74.6 cm³/mol. The maximum atomic E-state index is 12.0. The zero-order chi connectivity index (χ0) is 13.7. The quantitative estimate of drug-likeness (QED) is 0.819. The highest BCUT2D eigenvalue weighted by Crippen LogP contribution is 2.19. The van der Waals surface area contributed by atoms with Gasteiger partial charge in [-0.15, -0.1) is 11.3 Å². The van der Waals surface area contributed by atoms with Crippen molar-refractivity contribution >= 4 is 22.9 Å². The maximum Gasteiger partial charge on any atom is 0.186 e. The molecule has 98 valence electrons. The molecular formula is C14H14N2O2S. The summed E-state index contributed by atoms with van der Waals surface area (Å²) in [5, 5.41) is 0. The van der Waals surface area contributed by atoms with Crippen molar-refractivity contribution in [3.05, 3.63) is 52.0 Å². The second kappa shape index (κ2) is 6.36. The summed E-state index contributed by atoms with van der Waals surface area (Å²) in [4.78, 5) is 28.5. The number of thiophene rings is 1. The number of aromatic nitrogens is 1. The van der Waals surface area contributed by atoms with Crippen LogP contribution in [0.3, 0.4) is 0 Å². The number of hydrogen-bond donors (Lipinski definition) is 1. The summed E-state index contributed by atoms with van der Waals surface area (Å²) >= 11 is 1.22. The number of carbonyl (C=O) groups is 2. The molecule has 4 nitrogen and oxygen atoms in total. The van der Waals surface area contributed by atoms with E-state index in [1.165, 1.54) is 11.3 Å². The SMILES string of the molecule is NCC(=O)c1ccc(C(=O)CCc2ccncc2)s1. The first-order valence-electron chi connectivity index (χ1n) is 5.96. The van der Waals surface area contributed by atoms with E-state index in [4.69, 9.17) is 5.73 Å². The van der Waals surface area contributed by atoms with E-state index in [2.05, 4.69) is 4.98 Å². The molecule has 2 heterocycles. The van der Waals surface area contributed by atoms with Gasteiger partial charge in [-0.25, -0.2) is 0 Å². The minimum absolute atomic E-state index is 0.0227. The normalized spacial score (nSPS) is 10.4. The number of nitrogens with zero attached hydrogens (tertiary/aromatic N) is 1. The van der Waals surface area contributed by atoms with Crippen LogP contribution in [0.25, 0.3) is 0 Å². The van der Waals surface area contributed by atoms with Crippen molar-refractivity contribution in [1.82, 2.24) is 4.98 Å². The Labute approximate surface area is 115 Å². The van der Waals surface area contributed by atoms with E-state index in [1.54, 1.807) is 24.5 Å². The Kier molecular flexibility index (Phi) is 4.54. The van der Waals surface area contributed by atoms with Crippen molar-refractivity contribution in [2.45, 2.75) is 12.8 Å². The number of nitrogens with two attached hydrogens (primary N) is 1. The van der Waals surface area contributed by atoms with Crippen molar-refractivity contribution in [1.29, 1.82) is 0 Å². The standard InChI is InChI=1S/C14H14N2O2S/c15-9-12(18)14-4-3-13(19-14)11(17)2-1-10-5-7-16-8-6-10/h3-8H,1-2,9,15H2. The van der Waals surface area contributed by atoms with Gasteiger partial charge in [-0.2, -0.15) is 0 Å². The molecule has 5 heteroatoms. The number of aryl methyl sites for hydroxylation is 1. The monoisotopic (exact) mass is 274 g/mol. The summed E-state index contributed by atoms with van der Waals surface area (Å²) in [6.45, 7) is -0.0227. The van der Waals surface area contributed by atoms with Crippen molar-refractivity contribution in [3.8, 4) is 0 Å². The van der Waals surface area contributed by atoms with Crippen LogP contribution in [-0.2, 0) is 6.42 Å². The van der Waals surface area contributed by atoms with Crippen LogP contribution < -0.4 is 5.73 Å². The molecule has 2 rings (SSSR count). The lowest BCUT2D eigenvalue weighted by Crippen LogP contribution is -2.11. The first-order valence-corrected chi connectivity index (χ1v) is 6.77. The molecule has 0 unspecified atom stereocenters. The zero-order valence-corrected chi connectivity index (χ0v) is 11.2. The Balaban J connectivity index is 1.97. The topological polar surface area (TPSA) is 73.1 Å². The Morgan fingerprint density at radius 1 is 1.05 bits per heavy atom. The highest BCUT2D eigenvalue weighted by molar-refractivity contribution is 7.16. The molecule has 0 saturated carbocycles. The van der Waals surface area contributed by atoms with Crippen LogP contribution in [0.1, 0.15) is 31.3 Å². The molecule has 0 fully saturated rings. The molecule has 0 aliphatic rings. The Morgan fingerprint density at radius 3 is 2.32 bits per heavy atom. The molecule has 0 aliphatic carbocycles. The fourth-order valence-electron chi connectivity index (χ4n) is 1.67. The van der Waals surface area contributed by atoms with Gasteiger partial charge >= 0.3 is 0 Å². The fourth-order valence-corrected chi connectivity index (χ4v) is 2.59. The van der Waals surface area contributed by atoms with Crippen molar-refractivity contribution < 1.29 is 9.59 Å². The third kappa shape index (κ3) is 3.56. The molecule has 2 N–H and O–H groups in total. The molecular weight excluding hydrogens is 260 g/mol. The number of ketones is 2. The van der Waals surface area contributed by atoms with Gasteiger partial charge in [-0.3, -0.25) is 14.6 Å². The van der Waals surface area contributed by atoms with Crippen molar-refractivity contribution in [3.63, 3.8) is 0 Å². The second-order valence-corrected chi connectivity index (χ2v) is 5.15. The number of pyridine rings is 1. The molecule has 0 atom stereocenters. The third-order valence-electron chi connectivity index (χ3n) is 2.73. The van der Waals surface area contributed by atoms with E-state index in [9.17, 15) is 9.59 Å². The summed E-state index contributed by atoms with van der Waals surface area (Å²) in [5.74, 6) is -0.0731. The lowest BCUT2D eigenvalue weighted by molar-refractivity contribution is 0.0984. The van der Waals surface area contributed by atoms with Gasteiger partial charge in [0.05, 0.1) is 16.3 Å². The van der Waals surface area contributed by atoms with E-state index in [0.29, 0.717) is 22.6 Å². The van der Waals surface area contributed by atoms with Crippen LogP contribution in [0, 0.1) is 0 Å². The van der Waals surface area contributed by atoms with E-state index >= 15 is 0 Å². The minimum atomic E-state index is -0.127. The number of hydrogen-bond acceptors (Lipinski definition) is 5. The summed E-state index contributed by atoms with van der Waals surface area (Å²) in [6.07, 6.45) is 4.53. The molecule has 0 amide bonds. The van der Waals surface area contributed by atoms with Crippen LogP contribution in [0.5, 0.6) is 0 Å². The highest BCUT2D eigenvalue weighted by Gasteiger charge is 2.12. The lowest BCUT2D eigenvalue weighted by atomic mass is 10.1. The van der Waals surface area contributed by atoms with Gasteiger partial charge in [0.2, 0.25) is 0 Å². The van der Waals surface area contributed by atoms with Crippen LogP contribution in [0.15, 0.2) is 36.7 Å². The van der Waals surface area contributed by atoms with Gasteiger partial charge in [-0.1, -0.05) is 0 Å². The van der Waals surface area contributed by atoms with Gasteiger partial charge in [0, 0.05) is 18.8 Å². The van der Waals surface area contributed by atoms with Crippen molar-refractivity contribution in [2.75, 3.05) is 6.54 Å². The summed E-state index contributed by atoms with van der Waals surface area (Å²) < 4.78 is 0. The Hall–Kier alpha value is -1.85. The smallest absolute Gasteiger partial charge is 0.186 e. The second-order valence-electron chi connectivity index (χ2n) is 4.07. The summed E-state index contributed by atoms with van der Waals surface area (Å²) in [5.41, 5.74) is 6.37. The zero-order valence-electron chi connectivity index (χ0n) is 10.3. The molecule has 0 radical (unpaired) electrons. The van der Waals surface area contributed by atoms with Gasteiger partial charge < -0.3 is 5.73 Å². The number of Topliss-reactive ketones (excluding diaryl/α,β-unsaturated/α-hetero) is 2. The average molecular weight is 274 g/mol. The average Bonchev–Trinajstić information content (AvgIpc) is 2.95. The Bertz CT molecular complexity index is 578. The van der Waals surface area contributed by atoms with E-state index in [-0.39, 0.29) is 18.1 Å². The van der Waals surface area contributed by atoms with E-state index < -0.39 is 0 Å². The van der Waals surface area contributed by atoms with Crippen LogP contribution >= 0.6 is 11.3 Å². The van der Waals surface area contributed by atoms with Crippen LogP contribution in [0.4, 0.5) is 0 Å². The molecule has 0 bridgehead atoms. The number of carbonyl (C=O) groups excluding carboxylic acids is 2. The Morgan fingerprint density at radius 2 is 1.68 bits per heavy atom. The summed E-state index contributed by atoms with van der Waals surface area (Å²) in [6, 6.07) is 7.15. The minimum Gasteiger partial charge on any atom is -0.324 e.